The molecule has 0 atom stereocenters. The second-order valence-corrected chi connectivity index (χ2v) is 2.05. The number of hydrogen-bond acceptors (Lipinski definition) is 2. The molecule has 1 N–H and O–H groups in total. The topological polar surface area (TPSA) is 90.2 Å². The van der Waals surface area contributed by atoms with Gasteiger partial charge in [-0.3, -0.25) is 0 Å². The molecule has 0 unspecified atom stereocenters. The molecule has 6 heteroatoms. The van der Waals surface area contributed by atoms with Gasteiger partial charge in [-0.15, -0.1) is 0 Å². The van der Waals surface area contributed by atoms with Crippen LogP contribution in [0.5, 0.6) is 0 Å². The van der Waals surface area contributed by atoms with E-state index in [0.717, 1.165) is 0 Å². The Morgan fingerprint density at radius 1 is 1.82 bits per heavy atom. The van der Waals surface area contributed by atoms with Crippen molar-refractivity contribution in [1.29, 1.82) is 0 Å². The van der Waals surface area contributed by atoms with Crippen LogP contribution in [0.4, 0.5) is 4.79 Å². The molecule has 0 fully saturated rings. The summed E-state index contributed by atoms with van der Waals surface area (Å²) < 4.78 is 0. The van der Waals surface area contributed by atoms with Gasteiger partial charge in [-0.1, -0.05) is 5.11 Å². The first-order chi connectivity index (χ1) is 5.33. The Balaban J connectivity index is 2.56. The monoisotopic (exact) mass is 153 g/mol. The molecule has 0 radical (unpaired) electrons. The maximum Gasteiger partial charge on any atom is 0.340 e. The molecule has 1 aliphatic rings. The molecule has 1 heterocycles. The average molecular weight is 153 g/mol. The van der Waals surface area contributed by atoms with E-state index in [0.29, 0.717) is 18.7 Å². The van der Waals surface area contributed by atoms with Crippen LogP contribution in [0.15, 0.2) is 10.1 Å². The fourth-order valence-corrected chi connectivity index (χ4v) is 0.780. The number of nitrogens with zero attached hydrogens (tertiary/aromatic N) is 4. The van der Waals surface area contributed by atoms with Crippen LogP contribution in [0.3, 0.4) is 0 Å². The number of urea groups is 1. The normalized spacial score (nSPS) is 16.4. The Hall–Kier alpha value is -1.55. The van der Waals surface area contributed by atoms with Crippen molar-refractivity contribution in [3.05, 3.63) is 10.4 Å². The molecule has 0 aromatic heterocycles. The summed E-state index contributed by atoms with van der Waals surface area (Å²) in [5.41, 5.74) is 8.61. The highest BCUT2D eigenvalue weighted by molar-refractivity contribution is 5.98. The molecule has 58 valence electrons. The molecule has 0 aromatic rings. The third-order valence-electron chi connectivity index (χ3n) is 1.27. The first-order valence-electron chi connectivity index (χ1n) is 3.18. The maximum atomic E-state index is 10.6. The van der Waals surface area contributed by atoms with Crippen molar-refractivity contribution in [3.8, 4) is 0 Å². The van der Waals surface area contributed by atoms with Gasteiger partial charge >= 0.3 is 6.03 Å². The molecule has 0 saturated carbocycles. The van der Waals surface area contributed by atoms with Gasteiger partial charge in [0.25, 0.3) is 0 Å². The van der Waals surface area contributed by atoms with Crippen molar-refractivity contribution in [1.82, 2.24) is 5.32 Å². The van der Waals surface area contributed by atoms with Crippen LogP contribution < -0.4 is 5.32 Å². The van der Waals surface area contributed by atoms with Crippen LogP contribution in [0.1, 0.15) is 6.42 Å². The summed E-state index contributed by atoms with van der Waals surface area (Å²) in [4.78, 5) is 16.8. The lowest BCUT2D eigenvalue weighted by Gasteiger charge is -2.09. The van der Waals surface area contributed by atoms with Crippen LogP contribution in [0, 0.1) is 0 Å². The van der Waals surface area contributed by atoms with Crippen molar-refractivity contribution < 1.29 is 4.79 Å². The minimum atomic E-state index is -0.348. The number of nitrogens with one attached hydrogen (secondary N) is 1. The van der Waals surface area contributed by atoms with Gasteiger partial charge in [0, 0.05) is 23.6 Å². The summed E-state index contributed by atoms with van der Waals surface area (Å²) in [6, 6.07) is -0.348. The molecule has 0 bridgehead atoms. The van der Waals surface area contributed by atoms with Gasteiger partial charge in [-0.2, -0.15) is 0 Å². The Morgan fingerprint density at radius 3 is 3.27 bits per heavy atom. The molecule has 0 aromatic carbocycles. The van der Waals surface area contributed by atoms with E-state index in [9.17, 15) is 4.79 Å². The summed E-state index contributed by atoms with van der Waals surface area (Å²) >= 11 is 0. The van der Waals surface area contributed by atoms with Crippen LogP contribution in [0.2, 0.25) is 0 Å². The van der Waals surface area contributed by atoms with Gasteiger partial charge in [0.2, 0.25) is 0 Å². The quantitative estimate of drug-likeness (QED) is 0.355. The minimum absolute atomic E-state index is 0.198. The first-order valence-corrected chi connectivity index (χ1v) is 3.18. The molecular weight excluding hydrogens is 146 g/mol. The van der Waals surface area contributed by atoms with Gasteiger partial charge in [0.15, 0.2) is 0 Å². The zero-order valence-corrected chi connectivity index (χ0v) is 5.82. The lowest BCUT2D eigenvalue weighted by molar-refractivity contribution is 0.248. The number of aliphatic imine (C=N–C) groups is 1. The lowest BCUT2D eigenvalue weighted by atomic mass is 10.2. The van der Waals surface area contributed by atoms with E-state index in [2.05, 4.69) is 20.3 Å². The smallest absolute Gasteiger partial charge is 0.336 e. The predicted molar refractivity (Wildman–Crippen MR) is 39.5 cm³/mol. The van der Waals surface area contributed by atoms with Crippen molar-refractivity contribution in [2.24, 2.45) is 10.1 Å². The van der Waals surface area contributed by atoms with Crippen LogP contribution in [-0.4, -0.2) is 24.8 Å². The van der Waals surface area contributed by atoms with E-state index in [1.165, 1.54) is 0 Å². The molecule has 0 spiro atoms. The molecule has 1 rings (SSSR count). The van der Waals surface area contributed by atoms with Crippen LogP contribution >= 0.6 is 0 Å². The number of rotatable bonds is 2. The molecular formula is C5H7N5O. The number of carbonyl (C=O) groups excluding carboxylic acids is 1. The second kappa shape index (κ2) is 3.58. The van der Waals surface area contributed by atoms with Gasteiger partial charge in [0.05, 0.1) is 6.54 Å². The van der Waals surface area contributed by atoms with Crippen molar-refractivity contribution in [2.75, 3.05) is 13.1 Å². The van der Waals surface area contributed by atoms with Crippen LogP contribution in [-0.2, 0) is 0 Å². The summed E-state index contributed by atoms with van der Waals surface area (Å²) in [6.07, 6.45) is 0.671. The van der Waals surface area contributed by atoms with E-state index < -0.39 is 0 Å². The number of hydrogen-bond donors (Lipinski definition) is 1. The SMILES string of the molecule is [N-]=[N+]=NCC1=NC(=O)NCC1. The number of azide groups is 1. The first kappa shape index (κ1) is 7.56. The molecule has 2 amide bonds. The molecule has 1 aliphatic heterocycles. The zero-order chi connectivity index (χ0) is 8.10. The van der Waals surface area contributed by atoms with E-state index in [4.69, 9.17) is 5.53 Å². The highest BCUT2D eigenvalue weighted by Gasteiger charge is 2.08. The van der Waals surface area contributed by atoms with Crippen molar-refractivity contribution >= 4 is 11.7 Å². The second-order valence-electron chi connectivity index (χ2n) is 2.05. The minimum Gasteiger partial charge on any atom is -0.336 e. The molecule has 0 aliphatic carbocycles. The molecule has 6 nitrogen and oxygen atoms in total. The predicted octanol–water partition coefficient (Wildman–Crippen LogP) is 0.851. The van der Waals surface area contributed by atoms with Gasteiger partial charge in [-0.05, 0) is 5.53 Å². The van der Waals surface area contributed by atoms with Crippen molar-refractivity contribution in [2.45, 2.75) is 6.42 Å². The van der Waals surface area contributed by atoms with E-state index in [1.807, 2.05) is 0 Å². The van der Waals surface area contributed by atoms with E-state index in [-0.39, 0.29) is 12.6 Å². The fraction of sp³-hybridized carbons (Fsp3) is 0.600. The highest BCUT2D eigenvalue weighted by atomic mass is 16.2. The van der Waals surface area contributed by atoms with E-state index >= 15 is 0 Å². The third kappa shape index (κ3) is 2.27. The lowest BCUT2D eigenvalue weighted by Crippen LogP contribution is -2.30. The Morgan fingerprint density at radius 2 is 2.64 bits per heavy atom. The van der Waals surface area contributed by atoms with E-state index in [1.54, 1.807) is 0 Å². The number of amides is 2. The van der Waals surface area contributed by atoms with Gasteiger partial charge in [0.1, 0.15) is 0 Å². The summed E-state index contributed by atoms with van der Waals surface area (Å²) in [5, 5.41) is 5.83. The van der Waals surface area contributed by atoms with Crippen LogP contribution in [0.25, 0.3) is 10.4 Å². The maximum absolute atomic E-state index is 10.6. The molecule has 0 saturated heterocycles. The third-order valence-corrected chi connectivity index (χ3v) is 1.27. The van der Waals surface area contributed by atoms with Gasteiger partial charge in [-0.25, -0.2) is 9.79 Å². The summed E-state index contributed by atoms with van der Waals surface area (Å²) in [7, 11) is 0. The zero-order valence-electron chi connectivity index (χ0n) is 5.82. The Kier molecular flexibility index (Phi) is 2.46. The standard InChI is InChI=1S/C5H7N5O/c6-10-8-3-4-1-2-7-5(11)9-4/h1-3H2,(H,7,11). The molecule has 11 heavy (non-hydrogen) atoms. The fourth-order valence-electron chi connectivity index (χ4n) is 0.780. The average Bonchev–Trinajstić information content (AvgIpc) is 2.01. The Labute approximate surface area is 62.9 Å². The van der Waals surface area contributed by atoms with Gasteiger partial charge < -0.3 is 5.32 Å². The largest absolute Gasteiger partial charge is 0.340 e. The summed E-state index contributed by atoms with van der Waals surface area (Å²) in [6.45, 7) is 0.780. The number of carbonyl (C=O) groups is 1. The Bertz CT molecular complexity index is 239. The highest BCUT2D eigenvalue weighted by Crippen LogP contribution is 1.94. The summed E-state index contributed by atoms with van der Waals surface area (Å²) in [5.74, 6) is 0. The van der Waals surface area contributed by atoms with Crippen molar-refractivity contribution in [3.63, 3.8) is 0 Å².